The fraction of sp³-hybridized carbons (Fsp3) is 0.942. The molecular formula is C69H134O17P2. The van der Waals surface area contributed by atoms with Crippen LogP contribution in [0.3, 0.4) is 0 Å². The van der Waals surface area contributed by atoms with Crippen LogP contribution in [0.1, 0.15) is 350 Å². The van der Waals surface area contributed by atoms with E-state index in [2.05, 4.69) is 41.5 Å². The molecule has 0 aromatic carbocycles. The second-order valence-corrected chi connectivity index (χ2v) is 28.5. The molecular weight excluding hydrogens is 1160 g/mol. The normalized spacial score (nSPS) is 14.5. The molecule has 0 aromatic rings. The number of hydrogen-bond donors (Lipinski definition) is 3. The Morgan fingerprint density at radius 1 is 0.330 bits per heavy atom. The van der Waals surface area contributed by atoms with Gasteiger partial charge in [-0.1, -0.05) is 298 Å². The molecule has 0 aliphatic carbocycles. The molecule has 0 radical (unpaired) electrons. The van der Waals surface area contributed by atoms with Gasteiger partial charge in [0.15, 0.2) is 12.2 Å². The zero-order chi connectivity index (χ0) is 65.0. The highest BCUT2D eigenvalue weighted by molar-refractivity contribution is 7.47. The molecule has 0 aromatic heterocycles. The van der Waals surface area contributed by atoms with E-state index in [9.17, 15) is 43.2 Å². The van der Waals surface area contributed by atoms with Gasteiger partial charge in [0.1, 0.15) is 19.3 Å². The lowest BCUT2D eigenvalue weighted by Crippen LogP contribution is -2.30. The molecule has 88 heavy (non-hydrogen) atoms. The molecule has 0 heterocycles. The first kappa shape index (κ1) is 86.1. The SMILES string of the molecule is CCCCCCCCCCCCCCC(=O)OC[C@H](COP(=O)(O)OC[C@@H](O)COP(=O)(O)OC[C@@H](COC(=O)CCCCCCC)OC(=O)CCCCCCCCC(C)C)OC(=O)CCCCCCCCCCCCCCCCCCCCC(C)CC. The third-order valence-electron chi connectivity index (χ3n) is 16.3. The van der Waals surface area contributed by atoms with Gasteiger partial charge < -0.3 is 33.8 Å². The van der Waals surface area contributed by atoms with E-state index in [0.29, 0.717) is 31.6 Å². The van der Waals surface area contributed by atoms with Crippen LogP contribution in [0.5, 0.6) is 0 Å². The monoisotopic (exact) mass is 1300 g/mol. The van der Waals surface area contributed by atoms with E-state index >= 15 is 0 Å². The number of rotatable bonds is 68. The first-order valence-corrected chi connectivity index (χ1v) is 39.0. The first-order chi connectivity index (χ1) is 42.4. The van der Waals surface area contributed by atoms with E-state index in [-0.39, 0.29) is 25.7 Å². The maximum absolute atomic E-state index is 13.0. The Labute approximate surface area is 537 Å². The smallest absolute Gasteiger partial charge is 0.462 e. The van der Waals surface area contributed by atoms with Crippen molar-refractivity contribution < 1.29 is 80.2 Å². The van der Waals surface area contributed by atoms with Crippen LogP contribution in [-0.2, 0) is 65.4 Å². The van der Waals surface area contributed by atoms with Crippen LogP contribution in [0, 0.1) is 11.8 Å². The Balaban J connectivity index is 5.08. The quantitative estimate of drug-likeness (QED) is 0.0222. The fourth-order valence-electron chi connectivity index (χ4n) is 10.4. The summed E-state index contributed by atoms with van der Waals surface area (Å²) >= 11 is 0. The largest absolute Gasteiger partial charge is 0.472 e. The lowest BCUT2D eigenvalue weighted by molar-refractivity contribution is -0.161. The second kappa shape index (κ2) is 61.3. The third-order valence-corrected chi connectivity index (χ3v) is 18.2. The number of phosphoric ester groups is 2. The molecule has 522 valence electrons. The van der Waals surface area contributed by atoms with Crippen molar-refractivity contribution in [3.8, 4) is 0 Å². The Morgan fingerprint density at radius 2 is 0.580 bits per heavy atom. The van der Waals surface area contributed by atoms with Gasteiger partial charge in [0.2, 0.25) is 0 Å². The van der Waals surface area contributed by atoms with E-state index in [0.717, 1.165) is 102 Å². The van der Waals surface area contributed by atoms with E-state index in [1.165, 1.54) is 161 Å². The van der Waals surface area contributed by atoms with Gasteiger partial charge >= 0.3 is 39.5 Å². The predicted octanol–water partition coefficient (Wildman–Crippen LogP) is 19.6. The number of unbranched alkanes of at least 4 members (excludes halogenated alkanes) is 37. The van der Waals surface area contributed by atoms with Crippen LogP contribution in [0.15, 0.2) is 0 Å². The third kappa shape index (κ3) is 61.6. The molecule has 6 atom stereocenters. The van der Waals surface area contributed by atoms with E-state index in [4.69, 9.17) is 37.0 Å². The molecule has 0 rings (SSSR count). The lowest BCUT2D eigenvalue weighted by Gasteiger charge is -2.21. The van der Waals surface area contributed by atoms with Gasteiger partial charge in [-0.15, -0.1) is 0 Å². The number of carbonyl (C=O) groups is 4. The van der Waals surface area contributed by atoms with Gasteiger partial charge in [-0.2, -0.15) is 0 Å². The van der Waals surface area contributed by atoms with Crippen LogP contribution in [-0.4, -0.2) is 96.7 Å². The number of ether oxygens (including phenoxy) is 4. The van der Waals surface area contributed by atoms with Gasteiger partial charge in [-0.25, -0.2) is 9.13 Å². The lowest BCUT2D eigenvalue weighted by atomic mass is 9.99. The Hall–Kier alpha value is -1.94. The van der Waals surface area contributed by atoms with Gasteiger partial charge in [-0.05, 0) is 37.5 Å². The predicted molar refractivity (Wildman–Crippen MR) is 354 cm³/mol. The summed E-state index contributed by atoms with van der Waals surface area (Å²) in [6.45, 7) is 9.41. The van der Waals surface area contributed by atoms with Crippen molar-refractivity contribution in [2.45, 2.75) is 368 Å². The van der Waals surface area contributed by atoms with Crippen LogP contribution in [0.2, 0.25) is 0 Å². The summed E-state index contributed by atoms with van der Waals surface area (Å²) in [6, 6.07) is 0. The minimum Gasteiger partial charge on any atom is -0.462 e. The maximum atomic E-state index is 13.0. The van der Waals surface area contributed by atoms with Gasteiger partial charge in [0.25, 0.3) is 0 Å². The molecule has 0 bridgehead atoms. The van der Waals surface area contributed by atoms with Crippen LogP contribution in [0.25, 0.3) is 0 Å². The first-order valence-electron chi connectivity index (χ1n) is 36.0. The Kier molecular flexibility index (Phi) is 59.9. The summed E-state index contributed by atoms with van der Waals surface area (Å²) in [6.07, 6.45) is 46.5. The molecule has 0 amide bonds. The van der Waals surface area contributed by atoms with Gasteiger partial charge in [0, 0.05) is 25.7 Å². The molecule has 0 saturated carbocycles. The molecule has 0 spiro atoms. The minimum atomic E-state index is -4.95. The van der Waals surface area contributed by atoms with Crippen LogP contribution >= 0.6 is 15.6 Å². The van der Waals surface area contributed by atoms with E-state index < -0.39 is 97.5 Å². The summed E-state index contributed by atoms with van der Waals surface area (Å²) in [7, 11) is -9.88. The molecule has 3 unspecified atom stereocenters. The fourth-order valence-corrected chi connectivity index (χ4v) is 12.0. The molecule has 3 N–H and O–H groups in total. The molecule has 19 heteroatoms. The molecule has 0 aliphatic heterocycles. The number of phosphoric acid groups is 2. The highest BCUT2D eigenvalue weighted by Gasteiger charge is 2.30. The molecule has 0 fully saturated rings. The van der Waals surface area contributed by atoms with Gasteiger partial charge in [0.05, 0.1) is 26.4 Å². The van der Waals surface area contributed by atoms with Crippen LogP contribution < -0.4 is 0 Å². The van der Waals surface area contributed by atoms with Crippen molar-refractivity contribution in [3.63, 3.8) is 0 Å². The topological polar surface area (TPSA) is 237 Å². The summed E-state index contributed by atoms with van der Waals surface area (Å²) in [5.41, 5.74) is 0. The van der Waals surface area contributed by atoms with Crippen molar-refractivity contribution >= 4 is 39.5 Å². The molecule has 0 saturated heterocycles. The molecule has 0 aliphatic rings. The Bertz CT molecular complexity index is 1720. The second-order valence-electron chi connectivity index (χ2n) is 25.6. The average Bonchev–Trinajstić information content (AvgIpc) is 3.50. The number of aliphatic hydroxyl groups excluding tert-OH is 1. The number of aliphatic hydroxyl groups is 1. The summed E-state index contributed by atoms with van der Waals surface area (Å²) in [5, 5.41) is 10.5. The summed E-state index contributed by atoms with van der Waals surface area (Å²) < 4.78 is 67.9. The molecule has 17 nitrogen and oxygen atoms in total. The highest BCUT2D eigenvalue weighted by Crippen LogP contribution is 2.45. The van der Waals surface area contributed by atoms with Crippen molar-refractivity contribution in [1.29, 1.82) is 0 Å². The average molecular weight is 1300 g/mol. The standard InChI is InChI=1S/C69H134O17P2/c1-7-10-12-14-15-16-17-27-30-33-40-46-52-67(72)80-58-65(85-68(73)53-47-41-34-31-28-25-23-21-19-18-20-22-24-26-29-32-39-44-50-62(6)9-3)60-84-88(77,78)82-56-63(70)55-81-87(75,76)83-59-64(57-79-66(71)51-45-37-13-11-8-2)86-69(74)54-48-42-36-35-38-43-49-61(4)5/h61-65,70H,7-60H2,1-6H3,(H,75,76)(H,77,78)/t62?,63-,64+,65+/m0/s1. The van der Waals surface area contributed by atoms with Gasteiger partial charge in [-0.3, -0.25) is 37.3 Å². The maximum Gasteiger partial charge on any atom is 0.472 e. The zero-order valence-corrected chi connectivity index (χ0v) is 58.8. The zero-order valence-electron chi connectivity index (χ0n) is 57.0. The van der Waals surface area contributed by atoms with Crippen LogP contribution in [0.4, 0.5) is 0 Å². The number of esters is 4. The highest BCUT2D eigenvalue weighted by atomic mass is 31.2. The van der Waals surface area contributed by atoms with Crippen molar-refractivity contribution in [2.24, 2.45) is 11.8 Å². The minimum absolute atomic E-state index is 0.101. The number of hydrogen-bond acceptors (Lipinski definition) is 15. The summed E-state index contributed by atoms with van der Waals surface area (Å²) in [4.78, 5) is 72.1. The number of carbonyl (C=O) groups excluding carboxylic acids is 4. The van der Waals surface area contributed by atoms with E-state index in [1.807, 2.05) is 0 Å². The van der Waals surface area contributed by atoms with E-state index in [1.54, 1.807) is 0 Å². The van der Waals surface area contributed by atoms with Crippen molar-refractivity contribution in [3.05, 3.63) is 0 Å². The summed E-state index contributed by atoms with van der Waals surface area (Å²) in [5.74, 6) is -0.601. The van der Waals surface area contributed by atoms with Crippen molar-refractivity contribution in [2.75, 3.05) is 39.6 Å². The Morgan fingerprint density at radius 3 is 0.864 bits per heavy atom. The van der Waals surface area contributed by atoms with Crippen molar-refractivity contribution in [1.82, 2.24) is 0 Å².